The Morgan fingerprint density at radius 1 is 1.12 bits per heavy atom. The van der Waals surface area contributed by atoms with Crippen molar-refractivity contribution in [3.05, 3.63) is 54.6 Å². The Morgan fingerprint density at radius 3 is 2.91 bits per heavy atom. The van der Waals surface area contributed by atoms with Crippen molar-refractivity contribution in [2.45, 2.75) is 18.7 Å². The highest BCUT2D eigenvalue weighted by Gasteiger charge is 2.24. The molecule has 34 heavy (non-hydrogen) atoms. The highest BCUT2D eigenvalue weighted by Crippen LogP contribution is 2.37. The number of aromatic nitrogens is 5. The van der Waals surface area contributed by atoms with Gasteiger partial charge in [-0.05, 0) is 35.9 Å². The van der Waals surface area contributed by atoms with Crippen LogP contribution in [-0.2, 0) is 7.05 Å². The molecule has 1 saturated heterocycles. The summed E-state index contributed by atoms with van der Waals surface area (Å²) in [6, 6.07) is 9.95. The topological polar surface area (TPSA) is 89.8 Å². The predicted octanol–water partition coefficient (Wildman–Crippen LogP) is 4.46. The van der Waals surface area contributed by atoms with E-state index >= 15 is 0 Å². The number of thiazole rings is 1. The highest BCUT2D eigenvalue weighted by atomic mass is 32.1. The quantitative estimate of drug-likeness (QED) is 0.388. The lowest BCUT2D eigenvalue weighted by molar-refractivity contribution is 0.117. The number of hydrogen-bond acceptors (Lipinski definition) is 8. The van der Waals surface area contributed by atoms with Crippen LogP contribution in [0.4, 0.5) is 15.9 Å². The summed E-state index contributed by atoms with van der Waals surface area (Å²) >= 11 is 1.58. The molecule has 0 spiro atoms. The third-order valence-electron chi connectivity index (χ3n) is 5.88. The van der Waals surface area contributed by atoms with Crippen LogP contribution in [0.1, 0.15) is 6.42 Å². The van der Waals surface area contributed by atoms with Gasteiger partial charge < -0.3 is 15.4 Å². The third-order valence-corrected chi connectivity index (χ3v) is 6.68. The Balaban J connectivity index is 1.45. The fourth-order valence-corrected chi connectivity index (χ4v) is 4.99. The first-order valence-corrected chi connectivity index (χ1v) is 11.9. The van der Waals surface area contributed by atoms with Crippen molar-refractivity contribution in [2.24, 2.45) is 7.05 Å². The first-order valence-electron chi connectivity index (χ1n) is 11.0. The number of halogens is 1. The number of piperidine rings is 1. The molecular weight excluding hydrogens is 453 g/mol. The van der Waals surface area contributed by atoms with Gasteiger partial charge in [0.2, 0.25) is 0 Å². The number of rotatable bonds is 5. The number of alkyl halides is 1. The summed E-state index contributed by atoms with van der Waals surface area (Å²) in [5, 5.41) is 11.6. The smallest absolute Gasteiger partial charge is 0.145 e. The average molecular weight is 476 g/mol. The van der Waals surface area contributed by atoms with Crippen molar-refractivity contribution < 1.29 is 9.13 Å². The summed E-state index contributed by atoms with van der Waals surface area (Å²) in [5.41, 5.74) is 6.28. The van der Waals surface area contributed by atoms with E-state index in [1.165, 1.54) is 6.33 Å². The first kappa shape index (κ1) is 20.9. The summed E-state index contributed by atoms with van der Waals surface area (Å²) in [7, 11) is 1.88. The van der Waals surface area contributed by atoms with Gasteiger partial charge in [0.25, 0.3) is 0 Å². The molecule has 0 amide bonds. The van der Waals surface area contributed by atoms with Crippen molar-refractivity contribution >= 4 is 44.0 Å². The zero-order chi connectivity index (χ0) is 23.1. The lowest BCUT2D eigenvalue weighted by Crippen LogP contribution is -2.43. The molecule has 0 aliphatic carbocycles. The van der Waals surface area contributed by atoms with Gasteiger partial charge in [-0.1, -0.05) is 0 Å². The summed E-state index contributed by atoms with van der Waals surface area (Å²) in [6.07, 6.45) is 4.38. The Bertz CT molecular complexity index is 1480. The fraction of sp³-hybridized carbons (Fsp3) is 0.250. The number of anilines is 2. The van der Waals surface area contributed by atoms with Crippen molar-refractivity contribution in [3.63, 3.8) is 0 Å². The number of nitrogens with zero attached hydrogens (tertiary/aromatic N) is 5. The molecule has 2 atom stereocenters. The molecule has 1 fully saturated rings. The van der Waals surface area contributed by atoms with Gasteiger partial charge >= 0.3 is 0 Å². The van der Waals surface area contributed by atoms with Crippen LogP contribution in [0.3, 0.4) is 0 Å². The lowest BCUT2D eigenvalue weighted by atomic mass is 10.0. The maximum Gasteiger partial charge on any atom is 0.145 e. The fourth-order valence-electron chi connectivity index (χ4n) is 4.27. The van der Waals surface area contributed by atoms with Gasteiger partial charge in [0.1, 0.15) is 30.2 Å². The minimum absolute atomic E-state index is 0.294. The Kier molecular flexibility index (Phi) is 5.31. The normalized spacial score (nSPS) is 18.4. The molecular formula is C24H22FN7OS. The summed E-state index contributed by atoms with van der Waals surface area (Å²) in [4.78, 5) is 13.4. The van der Waals surface area contributed by atoms with Crippen molar-refractivity contribution in [2.75, 3.05) is 18.4 Å². The van der Waals surface area contributed by atoms with Crippen LogP contribution >= 0.6 is 11.3 Å². The van der Waals surface area contributed by atoms with Crippen LogP contribution in [0.5, 0.6) is 5.75 Å². The second kappa shape index (κ2) is 8.62. The van der Waals surface area contributed by atoms with Crippen LogP contribution in [-0.4, -0.2) is 50.1 Å². The number of ether oxygens (including phenoxy) is 1. The van der Waals surface area contributed by atoms with Crippen LogP contribution in [0.2, 0.25) is 0 Å². The second-order valence-electron chi connectivity index (χ2n) is 8.38. The second-order valence-corrected chi connectivity index (χ2v) is 9.27. The van der Waals surface area contributed by atoms with E-state index in [-0.39, 0.29) is 6.10 Å². The zero-order valence-electron chi connectivity index (χ0n) is 18.4. The van der Waals surface area contributed by atoms with E-state index in [2.05, 4.69) is 30.7 Å². The third kappa shape index (κ3) is 4.06. The molecule has 2 aromatic carbocycles. The van der Waals surface area contributed by atoms with Crippen LogP contribution in [0.25, 0.3) is 32.2 Å². The Labute approximate surface area is 198 Å². The van der Waals surface area contributed by atoms with Crippen molar-refractivity contribution in [1.29, 1.82) is 0 Å². The van der Waals surface area contributed by atoms with Gasteiger partial charge in [-0.25, -0.2) is 19.3 Å². The summed E-state index contributed by atoms with van der Waals surface area (Å²) < 4.78 is 23.3. The molecule has 1 aliphatic rings. The van der Waals surface area contributed by atoms with Crippen LogP contribution < -0.4 is 15.4 Å². The molecule has 0 unspecified atom stereocenters. The minimum Gasteiger partial charge on any atom is -0.488 e. The van der Waals surface area contributed by atoms with Crippen molar-refractivity contribution in [1.82, 2.24) is 30.0 Å². The molecule has 0 radical (unpaired) electrons. The molecule has 3 aromatic heterocycles. The van der Waals surface area contributed by atoms with Crippen molar-refractivity contribution in [3.8, 4) is 16.9 Å². The molecule has 8 nitrogen and oxygen atoms in total. The van der Waals surface area contributed by atoms with Crippen LogP contribution in [0, 0.1) is 0 Å². The molecule has 1 aliphatic heterocycles. The van der Waals surface area contributed by atoms with E-state index < -0.39 is 6.17 Å². The molecule has 4 heterocycles. The van der Waals surface area contributed by atoms with E-state index in [0.29, 0.717) is 31.1 Å². The molecule has 2 N–H and O–H groups in total. The first-order chi connectivity index (χ1) is 16.6. The minimum atomic E-state index is -0.938. The Morgan fingerprint density at radius 2 is 2.06 bits per heavy atom. The van der Waals surface area contributed by atoms with Gasteiger partial charge in [0.05, 0.1) is 32.8 Å². The highest BCUT2D eigenvalue weighted by molar-refractivity contribution is 7.16. The maximum atomic E-state index is 14.1. The van der Waals surface area contributed by atoms with Gasteiger partial charge in [-0.15, -0.1) is 11.3 Å². The summed E-state index contributed by atoms with van der Waals surface area (Å²) in [5.74, 6) is 1.24. The van der Waals surface area contributed by atoms with E-state index in [0.717, 1.165) is 37.9 Å². The Hall–Kier alpha value is -3.63. The SMILES string of the molecule is Cn1cc(-c2cc(O[C@H]3CNC[C@H](F)C3)c3c(Nc4ccc5ncsc5c4)ncnc3c2)cn1. The standard InChI is InChI=1S/C24H22FN7OS/c1-32-11-15(8-30-32)14-4-20-23(21(5-14)33-18-6-16(25)9-26-10-18)24(28-12-27-20)31-17-2-3-19-22(7-17)34-13-29-19/h2-5,7-8,11-13,16,18,26H,6,9-10H2,1H3,(H,27,28,31)/t16-,18-/m1/s1. The summed E-state index contributed by atoms with van der Waals surface area (Å²) in [6.45, 7) is 0.934. The lowest BCUT2D eigenvalue weighted by Gasteiger charge is -2.27. The monoisotopic (exact) mass is 475 g/mol. The van der Waals surface area contributed by atoms with Gasteiger partial charge in [-0.3, -0.25) is 4.68 Å². The van der Waals surface area contributed by atoms with E-state index in [9.17, 15) is 4.39 Å². The molecule has 0 bridgehead atoms. The number of fused-ring (bicyclic) bond motifs is 2. The maximum absolute atomic E-state index is 14.1. The van der Waals surface area contributed by atoms with Crippen LogP contribution in [0.15, 0.2) is 54.6 Å². The molecule has 0 saturated carbocycles. The largest absolute Gasteiger partial charge is 0.488 e. The number of hydrogen-bond donors (Lipinski definition) is 2. The number of benzene rings is 2. The molecule has 5 aromatic rings. The average Bonchev–Trinajstić information content (AvgIpc) is 3.47. The van der Waals surface area contributed by atoms with Gasteiger partial charge in [-0.2, -0.15) is 5.10 Å². The van der Waals surface area contributed by atoms with Gasteiger partial charge in [0.15, 0.2) is 0 Å². The van der Waals surface area contributed by atoms with E-state index in [1.807, 2.05) is 49.1 Å². The molecule has 10 heteroatoms. The van der Waals surface area contributed by atoms with E-state index in [1.54, 1.807) is 22.2 Å². The number of aryl methyl sites for hydroxylation is 1. The van der Waals surface area contributed by atoms with Gasteiger partial charge in [0, 0.05) is 44.0 Å². The predicted molar refractivity (Wildman–Crippen MR) is 131 cm³/mol. The van der Waals surface area contributed by atoms with E-state index in [4.69, 9.17) is 4.74 Å². The number of nitrogens with one attached hydrogen (secondary N) is 2. The molecule has 172 valence electrons. The zero-order valence-corrected chi connectivity index (χ0v) is 19.2. The molecule has 6 rings (SSSR count).